The molecule has 0 bridgehead atoms. The highest BCUT2D eigenvalue weighted by Crippen LogP contribution is 2.31. The minimum Gasteiger partial charge on any atom is -0.420 e. The van der Waals surface area contributed by atoms with Crippen molar-refractivity contribution in [2.45, 2.75) is 33.3 Å². The lowest BCUT2D eigenvalue weighted by atomic mass is 9.94. The zero-order valence-electron chi connectivity index (χ0n) is 16.4. The number of hydrogen-bond acceptors (Lipinski definition) is 5. The van der Waals surface area contributed by atoms with Crippen molar-refractivity contribution in [1.82, 2.24) is 4.90 Å². The van der Waals surface area contributed by atoms with E-state index in [-0.39, 0.29) is 6.54 Å². The van der Waals surface area contributed by atoms with Gasteiger partial charge in [0, 0.05) is 12.2 Å². The largest absolute Gasteiger partial charge is 0.420 e. The summed E-state index contributed by atoms with van der Waals surface area (Å²) in [6.07, 6.45) is 2.17. The van der Waals surface area contributed by atoms with Crippen molar-refractivity contribution in [3.05, 3.63) is 41.2 Å². The van der Waals surface area contributed by atoms with E-state index in [1.54, 1.807) is 0 Å². The van der Waals surface area contributed by atoms with E-state index >= 15 is 0 Å². The fourth-order valence-corrected chi connectivity index (χ4v) is 2.35. The van der Waals surface area contributed by atoms with Crippen LogP contribution in [-0.4, -0.2) is 41.4 Å². The predicted octanol–water partition coefficient (Wildman–Crippen LogP) is 3.03. The van der Waals surface area contributed by atoms with Crippen molar-refractivity contribution in [2.24, 2.45) is 5.41 Å². The third-order valence-electron chi connectivity index (χ3n) is 4.18. The smallest absolute Gasteiger partial charge is 0.319 e. The third kappa shape index (κ3) is 4.66. The summed E-state index contributed by atoms with van der Waals surface area (Å²) in [5, 5.41) is 0. The standard InChI is InChI=1S/C19H18F5NO5/c1-18(2,8-29-19(3,4)7-25-9(26)5-6-10(25)27)17(28)30-16-14(23)12(21)11(20)13(22)15(16)24/h5-6H,7-8H2,1-4H3. The van der Waals surface area contributed by atoms with E-state index in [0.29, 0.717) is 0 Å². The highest BCUT2D eigenvalue weighted by molar-refractivity contribution is 6.12. The molecule has 1 heterocycles. The van der Waals surface area contributed by atoms with Gasteiger partial charge in [-0.3, -0.25) is 19.3 Å². The monoisotopic (exact) mass is 435 g/mol. The van der Waals surface area contributed by atoms with Gasteiger partial charge < -0.3 is 9.47 Å². The summed E-state index contributed by atoms with van der Waals surface area (Å²) in [6.45, 7) is 4.99. The van der Waals surface area contributed by atoms with Gasteiger partial charge in [0.2, 0.25) is 34.8 Å². The SMILES string of the molecule is CC(C)(CN1C(=O)C=CC1=O)OCC(C)(C)C(=O)Oc1c(F)c(F)c(F)c(F)c1F. The quantitative estimate of drug-likeness (QED) is 0.164. The zero-order valence-corrected chi connectivity index (χ0v) is 16.4. The van der Waals surface area contributed by atoms with Gasteiger partial charge in [0.15, 0.2) is 0 Å². The maximum absolute atomic E-state index is 13.7. The van der Waals surface area contributed by atoms with E-state index in [9.17, 15) is 36.3 Å². The Bertz CT molecular complexity index is 895. The van der Waals surface area contributed by atoms with Gasteiger partial charge in [0.1, 0.15) is 0 Å². The molecular weight excluding hydrogens is 417 g/mol. The molecule has 0 spiro atoms. The summed E-state index contributed by atoms with van der Waals surface area (Å²) in [5.41, 5.74) is -2.71. The average molecular weight is 435 g/mol. The second-order valence-electron chi connectivity index (χ2n) is 7.82. The second kappa shape index (κ2) is 8.13. The molecule has 30 heavy (non-hydrogen) atoms. The van der Waals surface area contributed by atoms with Crippen LogP contribution in [0, 0.1) is 34.5 Å². The van der Waals surface area contributed by atoms with Crippen LogP contribution in [0.2, 0.25) is 0 Å². The van der Waals surface area contributed by atoms with Gasteiger partial charge in [-0.05, 0) is 27.7 Å². The molecular formula is C19H18F5NO5. The topological polar surface area (TPSA) is 72.9 Å². The van der Waals surface area contributed by atoms with Crippen LogP contribution in [0.5, 0.6) is 5.75 Å². The van der Waals surface area contributed by atoms with E-state index in [1.165, 1.54) is 27.7 Å². The molecule has 0 radical (unpaired) electrons. The Morgan fingerprint density at radius 3 is 1.77 bits per heavy atom. The van der Waals surface area contributed by atoms with Crippen molar-refractivity contribution >= 4 is 17.8 Å². The van der Waals surface area contributed by atoms with E-state index in [4.69, 9.17) is 4.74 Å². The Kier molecular flexibility index (Phi) is 6.36. The highest BCUT2D eigenvalue weighted by Gasteiger charge is 2.38. The van der Waals surface area contributed by atoms with Crippen molar-refractivity contribution in [3.63, 3.8) is 0 Å². The van der Waals surface area contributed by atoms with Gasteiger partial charge in [-0.2, -0.15) is 8.78 Å². The van der Waals surface area contributed by atoms with Crippen molar-refractivity contribution in [2.75, 3.05) is 13.2 Å². The molecule has 2 rings (SSSR count). The molecule has 1 aromatic rings. The van der Waals surface area contributed by atoms with Crippen LogP contribution >= 0.6 is 0 Å². The summed E-state index contributed by atoms with van der Waals surface area (Å²) in [5.74, 6) is -15.6. The summed E-state index contributed by atoms with van der Waals surface area (Å²) >= 11 is 0. The maximum atomic E-state index is 13.7. The summed E-state index contributed by atoms with van der Waals surface area (Å²) in [7, 11) is 0. The molecule has 0 unspecified atom stereocenters. The van der Waals surface area contributed by atoms with Gasteiger partial charge in [-0.15, -0.1) is 0 Å². The minimum absolute atomic E-state index is 0.152. The molecule has 2 amide bonds. The molecule has 1 aliphatic heterocycles. The Hall–Kier alpha value is -2.82. The first-order valence-electron chi connectivity index (χ1n) is 8.59. The maximum Gasteiger partial charge on any atom is 0.319 e. The highest BCUT2D eigenvalue weighted by atomic mass is 19.2. The molecule has 1 aliphatic rings. The lowest BCUT2D eigenvalue weighted by molar-refractivity contribution is -0.155. The lowest BCUT2D eigenvalue weighted by Crippen LogP contribution is -2.46. The van der Waals surface area contributed by atoms with Gasteiger partial charge in [-0.1, -0.05) is 0 Å². The summed E-state index contributed by atoms with van der Waals surface area (Å²) in [6, 6.07) is 0. The normalized spacial score (nSPS) is 14.6. The average Bonchev–Trinajstić information content (AvgIpc) is 2.98. The Labute approximate surface area is 168 Å². The molecule has 0 N–H and O–H groups in total. The first kappa shape index (κ1) is 23.5. The number of imide groups is 1. The van der Waals surface area contributed by atoms with Crippen molar-refractivity contribution in [3.8, 4) is 5.75 Å². The molecule has 0 fully saturated rings. The number of carbonyl (C=O) groups excluding carboxylic acids is 3. The van der Waals surface area contributed by atoms with E-state index in [0.717, 1.165) is 17.1 Å². The summed E-state index contributed by atoms with van der Waals surface area (Å²) in [4.78, 5) is 36.5. The molecule has 11 heteroatoms. The second-order valence-corrected chi connectivity index (χ2v) is 7.82. The Morgan fingerprint density at radius 2 is 1.30 bits per heavy atom. The third-order valence-corrected chi connectivity index (χ3v) is 4.18. The van der Waals surface area contributed by atoms with Crippen LogP contribution in [-0.2, 0) is 19.1 Å². The molecule has 164 valence electrons. The molecule has 1 aromatic carbocycles. The fourth-order valence-electron chi connectivity index (χ4n) is 2.35. The lowest BCUT2D eigenvalue weighted by Gasteiger charge is -2.33. The first-order chi connectivity index (χ1) is 13.7. The van der Waals surface area contributed by atoms with Crippen LogP contribution in [0.1, 0.15) is 27.7 Å². The number of benzene rings is 1. The number of esters is 1. The number of amides is 2. The van der Waals surface area contributed by atoms with E-state index < -0.39 is 70.2 Å². The van der Waals surface area contributed by atoms with E-state index in [2.05, 4.69) is 4.74 Å². The van der Waals surface area contributed by atoms with Crippen molar-refractivity contribution in [1.29, 1.82) is 0 Å². The molecule has 0 atom stereocenters. The van der Waals surface area contributed by atoms with Gasteiger partial charge in [0.25, 0.3) is 11.8 Å². The first-order valence-corrected chi connectivity index (χ1v) is 8.59. The number of hydrogen-bond donors (Lipinski definition) is 0. The molecule has 6 nitrogen and oxygen atoms in total. The van der Waals surface area contributed by atoms with Crippen molar-refractivity contribution < 1.29 is 45.8 Å². The molecule has 0 saturated carbocycles. The van der Waals surface area contributed by atoms with Gasteiger partial charge in [-0.25, -0.2) is 13.2 Å². The Balaban J connectivity index is 2.10. The van der Waals surface area contributed by atoms with Crippen LogP contribution in [0.3, 0.4) is 0 Å². The minimum atomic E-state index is -2.38. The van der Waals surface area contributed by atoms with Crippen LogP contribution in [0.4, 0.5) is 22.0 Å². The van der Waals surface area contributed by atoms with Crippen LogP contribution in [0.15, 0.2) is 12.2 Å². The molecule has 0 aromatic heterocycles. The number of rotatable bonds is 7. The van der Waals surface area contributed by atoms with Gasteiger partial charge in [0.05, 0.1) is 24.2 Å². The number of nitrogens with zero attached hydrogens (tertiary/aromatic N) is 1. The van der Waals surface area contributed by atoms with Gasteiger partial charge >= 0.3 is 5.97 Å². The fraction of sp³-hybridized carbons (Fsp3) is 0.421. The van der Waals surface area contributed by atoms with Crippen LogP contribution in [0.25, 0.3) is 0 Å². The number of halogens is 5. The number of ether oxygens (including phenoxy) is 2. The zero-order chi connectivity index (χ0) is 23.0. The molecule has 0 saturated heterocycles. The summed E-state index contributed by atoms with van der Waals surface area (Å²) < 4.78 is 77.1. The Morgan fingerprint density at radius 1 is 0.867 bits per heavy atom. The van der Waals surface area contributed by atoms with Crippen LogP contribution < -0.4 is 4.74 Å². The number of carbonyl (C=O) groups is 3. The molecule has 0 aliphatic carbocycles. The predicted molar refractivity (Wildman–Crippen MR) is 91.5 cm³/mol. The van der Waals surface area contributed by atoms with E-state index in [1.807, 2.05) is 0 Å².